The van der Waals surface area contributed by atoms with Gasteiger partial charge in [0.2, 0.25) is 0 Å². The fourth-order valence-corrected chi connectivity index (χ4v) is 2.27. The second kappa shape index (κ2) is 6.05. The van der Waals surface area contributed by atoms with Gasteiger partial charge in [0, 0.05) is 6.61 Å². The first-order valence-corrected chi connectivity index (χ1v) is 6.75. The summed E-state index contributed by atoms with van der Waals surface area (Å²) in [5.74, 6) is 0. The van der Waals surface area contributed by atoms with Gasteiger partial charge in [-0.25, -0.2) is 0 Å². The van der Waals surface area contributed by atoms with Crippen molar-refractivity contribution in [1.29, 1.82) is 0 Å². The summed E-state index contributed by atoms with van der Waals surface area (Å²) in [6.45, 7) is 4.68. The summed E-state index contributed by atoms with van der Waals surface area (Å²) in [5, 5.41) is 18.5. The lowest BCUT2D eigenvalue weighted by molar-refractivity contribution is -0.219. The van der Waals surface area contributed by atoms with Crippen LogP contribution >= 0.6 is 0 Å². The molecule has 0 bridgehead atoms. The SMILES string of the molecule is CC(C)(OC1CCCCO1)c1cccc(B(O)O)c1. The van der Waals surface area contributed by atoms with Gasteiger partial charge in [-0.2, -0.15) is 0 Å². The molecule has 2 N–H and O–H groups in total. The van der Waals surface area contributed by atoms with Gasteiger partial charge < -0.3 is 19.5 Å². The molecule has 1 heterocycles. The van der Waals surface area contributed by atoms with E-state index in [1.54, 1.807) is 18.2 Å². The Balaban J connectivity index is 2.11. The van der Waals surface area contributed by atoms with Crippen molar-refractivity contribution in [3.8, 4) is 0 Å². The van der Waals surface area contributed by atoms with Crippen LogP contribution in [0.3, 0.4) is 0 Å². The van der Waals surface area contributed by atoms with Gasteiger partial charge in [0.1, 0.15) is 0 Å². The summed E-state index contributed by atoms with van der Waals surface area (Å²) >= 11 is 0. The summed E-state index contributed by atoms with van der Waals surface area (Å²) in [7, 11) is -1.46. The van der Waals surface area contributed by atoms with Gasteiger partial charge in [0.15, 0.2) is 6.29 Å². The highest BCUT2D eigenvalue weighted by molar-refractivity contribution is 6.58. The van der Waals surface area contributed by atoms with Crippen LogP contribution < -0.4 is 5.46 Å². The van der Waals surface area contributed by atoms with Crippen molar-refractivity contribution in [2.75, 3.05) is 6.61 Å². The molecule has 1 aromatic carbocycles. The van der Waals surface area contributed by atoms with Gasteiger partial charge in [0.25, 0.3) is 0 Å². The molecule has 1 aliphatic heterocycles. The van der Waals surface area contributed by atoms with Crippen molar-refractivity contribution in [1.82, 2.24) is 0 Å². The van der Waals surface area contributed by atoms with Crippen LogP contribution in [0, 0.1) is 0 Å². The predicted octanol–water partition coefficient (Wildman–Crippen LogP) is 1.14. The normalized spacial score (nSPS) is 20.3. The minimum absolute atomic E-state index is 0.175. The maximum absolute atomic E-state index is 9.23. The molecule has 1 atom stereocenters. The molecule has 1 aromatic rings. The van der Waals surface area contributed by atoms with Gasteiger partial charge in [0.05, 0.1) is 5.60 Å². The Morgan fingerprint density at radius 1 is 1.32 bits per heavy atom. The topological polar surface area (TPSA) is 58.9 Å². The number of hydrogen-bond acceptors (Lipinski definition) is 4. The van der Waals surface area contributed by atoms with E-state index in [-0.39, 0.29) is 6.29 Å². The number of benzene rings is 1. The smallest absolute Gasteiger partial charge is 0.423 e. The van der Waals surface area contributed by atoms with Crippen molar-refractivity contribution in [3.63, 3.8) is 0 Å². The number of hydrogen-bond donors (Lipinski definition) is 2. The largest absolute Gasteiger partial charge is 0.488 e. The molecule has 0 amide bonds. The summed E-state index contributed by atoms with van der Waals surface area (Å²) in [6, 6.07) is 7.17. The van der Waals surface area contributed by atoms with E-state index in [0.717, 1.165) is 31.4 Å². The molecule has 104 valence electrons. The third kappa shape index (κ3) is 3.80. The monoisotopic (exact) mass is 264 g/mol. The minimum atomic E-state index is -1.46. The van der Waals surface area contributed by atoms with Crippen LogP contribution in [-0.2, 0) is 15.1 Å². The van der Waals surface area contributed by atoms with Crippen molar-refractivity contribution in [3.05, 3.63) is 29.8 Å². The van der Waals surface area contributed by atoms with E-state index < -0.39 is 12.7 Å². The Labute approximate surface area is 114 Å². The summed E-state index contributed by atoms with van der Waals surface area (Å²) in [5.41, 5.74) is 0.860. The fraction of sp³-hybridized carbons (Fsp3) is 0.571. The minimum Gasteiger partial charge on any atom is -0.423 e. The molecule has 19 heavy (non-hydrogen) atoms. The molecule has 5 heteroatoms. The van der Waals surface area contributed by atoms with E-state index in [0.29, 0.717) is 5.46 Å². The van der Waals surface area contributed by atoms with E-state index >= 15 is 0 Å². The average Bonchev–Trinajstić information content (AvgIpc) is 2.39. The molecule has 1 aliphatic rings. The summed E-state index contributed by atoms with van der Waals surface area (Å²) < 4.78 is 11.6. The first-order chi connectivity index (χ1) is 8.99. The van der Waals surface area contributed by atoms with Crippen LogP contribution in [0.2, 0.25) is 0 Å². The maximum atomic E-state index is 9.23. The zero-order chi connectivity index (χ0) is 13.9. The molecule has 0 saturated carbocycles. The van der Waals surface area contributed by atoms with E-state index in [4.69, 9.17) is 9.47 Å². The number of ether oxygens (including phenoxy) is 2. The van der Waals surface area contributed by atoms with Crippen molar-refractivity contribution in [2.45, 2.75) is 45.0 Å². The second-order valence-electron chi connectivity index (χ2n) is 5.42. The van der Waals surface area contributed by atoms with Gasteiger partial charge in [-0.15, -0.1) is 0 Å². The van der Waals surface area contributed by atoms with Crippen molar-refractivity contribution in [2.24, 2.45) is 0 Å². The van der Waals surface area contributed by atoms with Crippen LogP contribution in [-0.4, -0.2) is 30.1 Å². The van der Waals surface area contributed by atoms with E-state index in [9.17, 15) is 10.0 Å². The zero-order valence-electron chi connectivity index (χ0n) is 11.5. The van der Waals surface area contributed by atoms with Crippen molar-refractivity contribution >= 4 is 12.6 Å². The predicted molar refractivity (Wildman–Crippen MR) is 74.0 cm³/mol. The molecule has 1 saturated heterocycles. The van der Waals surface area contributed by atoms with Gasteiger partial charge in [-0.1, -0.05) is 24.3 Å². The van der Waals surface area contributed by atoms with E-state index in [1.165, 1.54) is 0 Å². The van der Waals surface area contributed by atoms with Crippen LogP contribution in [0.25, 0.3) is 0 Å². The summed E-state index contributed by atoms with van der Waals surface area (Å²) in [6.07, 6.45) is 2.94. The number of rotatable bonds is 4. The standard InChI is InChI=1S/C14H21BO4/c1-14(2,19-13-8-3-4-9-18-13)11-6-5-7-12(10-11)15(16)17/h5-7,10,13,16-17H,3-4,8-9H2,1-2H3. The zero-order valence-corrected chi connectivity index (χ0v) is 11.5. The maximum Gasteiger partial charge on any atom is 0.488 e. The quantitative estimate of drug-likeness (QED) is 0.801. The molecule has 0 aliphatic carbocycles. The Bertz CT molecular complexity index is 414. The van der Waals surface area contributed by atoms with Crippen LogP contribution in [0.4, 0.5) is 0 Å². The molecule has 2 rings (SSSR count). The third-order valence-electron chi connectivity index (χ3n) is 3.44. The van der Waals surface area contributed by atoms with Crippen LogP contribution in [0.5, 0.6) is 0 Å². The fourth-order valence-electron chi connectivity index (χ4n) is 2.27. The molecule has 4 nitrogen and oxygen atoms in total. The van der Waals surface area contributed by atoms with Crippen LogP contribution in [0.15, 0.2) is 24.3 Å². The molecule has 0 aromatic heterocycles. The highest BCUT2D eigenvalue weighted by Crippen LogP contribution is 2.28. The lowest BCUT2D eigenvalue weighted by atomic mass is 9.78. The molecule has 0 spiro atoms. The van der Waals surface area contributed by atoms with Gasteiger partial charge >= 0.3 is 7.12 Å². The molecule has 1 fully saturated rings. The van der Waals surface area contributed by atoms with Crippen LogP contribution in [0.1, 0.15) is 38.7 Å². The van der Waals surface area contributed by atoms with E-state index in [1.807, 2.05) is 19.9 Å². The molecular formula is C14H21BO4. The Hall–Kier alpha value is -0.875. The second-order valence-corrected chi connectivity index (χ2v) is 5.42. The molecular weight excluding hydrogens is 243 g/mol. The Morgan fingerprint density at radius 2 is 2.11 bits per heavy atom. The van der Waals surface area contributed by atoms with Gasteiger partial charge in [-0.3, -0.25) is 0 Å². The third-order valence-corrected chi connectivity index (χ3v) is 3.44. The Morgan fingerprint density at radius 3 is 2.74 bits per heavy atom. The highest BCUT2D eigenvalue weighted by atomic mass is 16.7. The lowest BCUT2D eigenvalue weighted by Crippen LogP contribution is -2.35. The average molecular weight is 264 g/mol. The van der Waals surface area contributed by atoms with Crippen molar-refractivity contribution < 1.29 is 19.5 Å². The highest BCUT2D eigenvalue weighted by Gasteiger charge is 2.28. The van der Waals surface area contributed by atoms with E-state index in [2.05, 4.69) is 0 Å². The Kier molecular flexibility index (Phi) is 4.63. The first-order valence-electron chi connectivity index (χ1n) is 6.75. The lowest BCUT2D eigenvalue weighted by Gasteiger charge is -2.33. The van der Waals surface area contributed by atoms with Gasteiger partial charge in [-0.05, 0) is 44.1 Å². The molecule has 0 radical (unpaired) electrons. The summed E-state index contributed by atoms with van der Waals surface area (Å²) in [4.78, 5) is 0. The first kappa shape index (κ1) is 14.5. The molecule has 1 unspecified atom stereocenters.